The van der Waals surface area contributed by atoms with Gasteiger partial charge in [0, 0.05) is 5.41 Å². The molecule has 11 atom stereocenters. The second kappa shape index (κ2) is 7.09. The summed E-state index contributed by atoms with van der Waals surface area (Å²) in [5, 5.41) is 21.3. The zero-order valence-corrected chi connectivity index (χ0v) is 22.0. The highest BCUT2D eigenvalue weighted by Gasteiger charge is 2.68. The van der Waals surface area contributed by atoms with Crippen LogP contribution in [0.3, 0.4) is 0 Å². The SMILES string of the molecule is C[C@H]1[C@H](C)CC[C@]2(C)CC[C@]3(C)C(=CC[C@@H]4[C@@]5(C)CC[C@H](O)[C@](C)(CO)[C@@H]5CC[C@]43C)[C@H]12. The number of allylic oxidation sites excluding steroid dienone is 2. The van der Waals surface area contributed by atoms with Crippen LogP contribution in [-0.4, -0.2) is 22.9 Å². The zero-order valence-electron chi connectivity index (χ0n) is 22.0. The molecule has 5 rings (SSSR count). The molecule has 182 valence electrons. The molecule has 0 radical (unpaired) electrons. The third-order valence-electron chi connectivity index (χ3n) is 13.5. The maximum absolute atomic E-state index is 10.9. The predicted molar refractivity (Wildman–Crippen MR) is 132 cm³/mol. The minimum Gasteiger partial charge on any atom is -0.396 e. The molecule has 0 aromatic heterocycles. The first-order chi connectivity index (χ1) is 14.9. The lowest BCUT2D eigenvalue weighted by molar-refractivity contribution is -0.215. The Morgan fingerprint density at radius 3 is 2.28 bits per heavy atom. The van der Waals surface area contributed by atoms with E-state index in [1.807, 2.05) is 5.57 Å². The Labute approximate surface area is 197 Å². The molecular weight excluding hydrogens is 392 g/mol. The molecule has 0 saturated heterocycles. The first-order valence-corrected chi connectivity index (χ1v) is 13.9. The molecule has 2 heteroatoms. The molecule has 4 fully saturated rings. The molecular formula is C30H50O2. The Morgan fingerprint density at radius 2 is 1.59 bits per heavy atom. The highest BCUT2D eigenvalue weighted by molar-refractivity contribution is 5.33. The molecule has 5 aliphatic rings. The molecule has 0 aromatic rings. The molecule has 0 heterocycles. The van der Waals surface area contributed by atoms with Crippen molar-refractivity contribution in [1.82, 2.24) is 0 Å². The van der Waals surface area contributed by atoms with Gasteiger partial charge in [-0.3, -0.25) is 0 Å². The molecule has 0 bridgehead atoms. The van der Waals surface area contributed by atoms with Crippen LogP contribution in [-0.2, 0) is 0 Å². The summed E-state index contributed by atoms with van der Waals surface area (Å²) in [6.45, 7) is 17.8. The summed E-state index contributed by atoms with van der Waals surface area (Å²) in [6, 6.07) is 0. The van der Waals surface area contributed by atoms with Crippen LogP contribution in [0, 0.1) is 56.7 Å². The van der Waals surface area contributed by atoms with Crippen LogP contribution in [0.15, 0.2) is 11.6 Å². The van der Waals surface area contributed by atoms with Gasteiger partial charge in [0.25, 0.3) is 0 Å². The van der Waals surface area contributed by atoms with Gasteiger partial charge in [0.2, 0.25) is 0 Å². The van der Waals surface area contributed by atoms with Crippen LogP contribution in [0.1, 0.15) is 106 Å². The molecule has 2 nitrogen and oxygen atoms in total. The van der Waals surface area contributed by atoms with Gasteiger partial charge in [-0.05, 0) is 109 Å². The van der Waals surface area contributed by atoms with Crippen molar-refractivity contribution in [1.29, 1.82) is 0 Å². The summed E-state index contributed by atoms with van der Waals surface area (Å²) in [4.78, 5) is 0. The van der Waals surface area contributed by atoms with Crippen molar-refractivity contribution in [2.24, 2.45) is 56.7 Å². The van der Waals surface area contributed by atoms with Crippen LogP contribution >= 0.6 is 0 Å². The number of aliphatic hydroxyl groups is 2. The van der Waals surface area contributed by atoms with Crippen LogP contribution in [0.25, 0.3) is 0 Å². The van der Waals surface area contributed by atoms with Crippen LogP contribution in [0.2, 0.25) is 0 Å². The van der Waals surface area contributed by atoms with Crippen LogP contribution in [0.5, 0.6) is 0 Å². The fourth-order valence-corrected chi connectivity index (χ4v) is 10.9. The Hall–Kier alpha value is -0.340. The lowest BCUT2D eigenvalue weighted by atomic mass is 9.33. The molecule has 0 aliphatic heterocycles. The lowest BCUT2D eigenvalue weighted by Crippen LogP contribution is -2.65. The second-order valence-electron chi connectivity index (χ2n) is 14.5. The first-order valence-electron chi connectivity index (χ1n) is 13.9. The van der Waals surface area contributed by atoms with Crippen LogP contribution < -0.4 is 0 Å². The smallest absolute Gasteiger partial charge is 0.0618 e. The van der Waals surface area contributed by atoms with Gasteiger partial charge >= 0.3 is 0 Å². The van der Waals surface area contributed by atoms with Crippen molar-refractivity contribution in [3.05, 3.63) is 11.6 Å². The minimum atomic E-state index is -0.361. The van der Waals surface area contributed by atoms with Crippen molar-refractivity contribution >= 4 is 0 Å². The molecule has 0 aromatic carbocycles. The lowest BCUT2D eigenvalue weighted by Gasteiger charge is -2.71. The number of fused-ring (bicyclic) bond motifs is 7. The van der Waals surface area contributed by atoms with Gasteiger partial charge in [-0.2, -0.15) is 0 Å². The van der Waals surface area contributed by atoms with Crippen LogP contribution in [0.4, 0.5) is 0 Å². The van der Waals surface area contributed by atoms with E-state index in [0.717, 1.165) is 37.0 Å². The Kier molecular flexibility index (Phi) is 5.19. The number of hydrogen-bond acceptors (Lipinski definition) is 2. The van der Waals surface area contributed by atoms with E-state index in [-0.39, 0.29) is 23.5 Å². The maximum atomic E-state index is 10.9. The third kappa shape index (κ3) is 2.66. The molecule has 0 unspecified atom stereocenters. The van der Waals surface area contributed by atoms with E-state index in [0.29, 0.717) is 28.1 Å². The highest BCUT2D eigenvalue weighted by atomic mass is 16.3. The molecule has 5 aliphatic carbocycles. The van der Waals surface area contributed by atoms with E-state index in [1.165, 1.54) is 38.5 Å². The van der Waals surface area contributed by atoms with E-state index in [9.17, 15) is 10.2 Å². The number of rotatable bonds is 1. The minimum absolute atomic E-state index is 0.117. The Morgan fingerprint density at radius 1 is 0.875 bits per heavy atom. The van der Waals surface area contributed by atoms with E-state index in [2.05, 4.69) is 54.5 Å². The molecule has 0 amide bonds. The summed E-state index contributed by atoms with van der Waals surface area (Å²) in [5.74, 6) is 3.45. The largest absolute Gasteiger partial charge is 0.396 e. The van der Waals surface area contributed by atoms with E-state index in [4.69, 9.17) is 0 Å². The maximum Gasteiger partial charge on any atom is 0.0618 e. The topological polar surface area (TPSA) is 40.5 Å². The van der Waals surface area contributed by atoms with Crippen molar-refractivity contribution in [2.45, 2.75) is 112 Å². The number of aliphatic hydroxyl groups excluding tert-OH is 2. The van der Waals surface area contributed by atoms with Crippen molar-refractivity contribution in [3.8, 4) is 0 Å². The molecule has 32 heavy (non-hydrogen) atoms. The van der Waals surface area contributed by atoms with Gasteiger partial charge in [-0.15, -0.1) is 0 Å². The number of hydrogen-bond donors (Lipinski definition) is 2. The van der Waals surface area contributed by atoms with Gasteiger partial charge in [0.1, 0.15) is 0 Å². The zero-order chi connectivity index (χ0) is 23.3. The average Bonchev–Trinajstić information content (AvgIpc) is 2.75. The van der Waals surface area contributed by atoms with Crippen molar-refractivity contribution in [3.63, 3.8) is 0 Å². The summed E-state index contributed by atoms with van der Waals surface area (Å²) in [6.07, 6.45) is 13.5. The molecule has 0 spiro atoms. The van der Waals surface area contributed by atoms with Gasteiger partial charge in [-0.25, -0.2) is 0 Å². The van der Waals surface area contributed by atoms with Gasteiger partial charge in [0.05, 0.1) is 12.7 Å². The van der Waals surface area contributed by atoms with Gasteiger partial charge < -0.3 is 10.2 Å². The molecule has 4 saturated carbocycles. The summed E-state index contributed by atoms with van der Waals surface area (Å²) in [7, 11) is 0. The standard InChI is InChI=1S/C30H50O2/c1-19-10-13-26(3)16-17-29(6)21(25(26)20(19)2)8-9-23-27(4)14-12-24(32)28(5,18-31)22(27)11-15-30(23,29)7/h8,19-20,22-25,31-32H,9-18H2,1-7H3/t19-,20+,22-,23-,24+,25+,26-,27+,28-,29-,30-/m1/s1. The quantitative estimate of drug-likeness (QED) is 0.429. The monoisotopic (exact) mass is 442 g/mol. The van der Waals surface area contributed by atoms with E-state index < -0.39 is 0 Å². The van der Waals surface area contributed by atoms with Gasteiger partial charge in [0.15, 0.2) is 0 Å². The second-order valence-corrected chi connectivity index (χ2v) is 14.5. The van der Waals surface area contributed by atoms with Crippen molar-refractivity contribution in [2.75, 3.05) is 6.61 Å². The summed E-state index contributed by atoms with van der Waals surface area (Å²) in [5.41, 5.74) is 2.81. The highest BCUT2D eigenvalue weighted by Crippen LogP contribution is 2.75. The van der Waals surface area contributed by atoms with Gasteiger partial charge in [-0.1, -0.05) is 60.1 Å². The summed E-state index contributed by atoms with van der Waals surface area (Å²) >= 11 is 0. The fourth-order valence-electron chi connectivity index (χ4n) is 10.9. The first kappa shape index (κ1) is 23.4. The fraction of sp³-hybridized carbons (Fsp3) is 0.933. The average molecular weight is 443 g/mol. The Bertz CT molecular complexity index is 803. The Balaban J connectivity index is 1.59. The normalized spacial score (nSPS) is 59.8. The van der Waals surface area contributed by atoms with Crippen molar-refractivity contribution < 1.29 is 10.2 Å². The predicted octanol–water partition coefficient (Wildman–Crippen LogP) is 7.00. The molecule has 2 N–H and O–H groups in total. The summed E-state index contributed by atoms with van der Waals surface area (Å²) < 4.78 is 0. The third-order valence-corrected chi connectivity index (χ3v) is 13.5. The van der Waals surface area contributed by atoms with E-state index in [1.54, 1.807) is 0 Å². The van der Waals surface area contributed by atoms with E-state index >= 15 is 0 Å².